The average molecular weight is 422 g/mol. The van der Waals surface area contributed by atoms with Gasteiger partial charge >= 0.3 is 0 Å². The molecule has 3 aliphatic rings. The van der Waals surface area contributed by atoms with Gasteiger partial charge in [0, 0.05) is 30.8 Å². The maximum atomic E-state index is 13.7. The molecular weight excluding hydrogens is 390 g/mol. The number of piperidine rings is 1. The summed E-state index contributed by atoms with van der Waals surface area (Å²) in [6.07, 6.45) is 9.57. The van der Waals surface area contributed by atoms with Gasteiger partial charge in [-0.05, 0) is 74.5 Å². The quantitative estimate of drug-likeness (QED) is 0.744. The van der Waals surface area contributed by atoms with Crippen molar-refractivity contribution in [1.82, 2.24) is 15.3 Å². The number of nitrogens with one attached hydrogen (secondary N) is 2. The Morgan fingerprint density at radius 2 is 2.00 bits per heavy atom. The summed E-state index contributed by atoms with van der Waals surface area (Å²) in [5.41, 5.74) is 1.81. The molecule has 0 bridgehead atoms. The SMILES string of the molecule is O=C(c1ccc2c(c1)CCO2)N(CC1CCNCC1)c1ccnc(NC2CCCC2)n1. The number of fused-ring (bicyclic) bond motifs is 1. The second kappa shape index (κ2) is 9.22. The Balaban J connectivity index is 1.41. The van der Waals surface area contributed by atoms with E-state index in [4.69, 9.17) is 9.72 Å². The minimum absolute atomic E-state index is 0.00116. The highest BCUT2D eigenvalue weighted by Gasteiger charge is 2.26. The summed E-state index contributed by atoms with van der Waals surface area (Å²) in [5, 5.41) is 6.88. The minimum atomic E-state index is -0.00116. The number of carbonyl (C=O) groups excluding carboxylic acids is 1. The molecule has 5 rings (SSSR count). The van der Waals surface area contributed by atoms with Crippen molar-refractivity contribution < 1.29 is 9.53 Å². The number of nitrogens with zero attached hydrogens (tertiary/aromatic N) is 3. The Hall–Kier alpha value is -2.67. The lowest BCUT2D eigenvalue weighted by Crippen LogP contribution is -2.40. The molecule has 164 valence electrons. The lowest BCUT2D eigenvalue weighted by Gasteiger charge is -2.30. The van der Waals surface area contributed by atoms with E-state index in [0.717, 1.165) is 56.5 Å². The first-order valence-electron chi connectivity index (χ1n) is 11.6. The lowest BCUT2D eigenvalue weighted by atomic mass is 9.97. The van der Waals surface area contributed by atoms with Crippen molar-refractivity contribution in [3.63, 3.8) is 0 Å². The van der Waals surface area contributed by atoms with Crippen molar-refractivity contribution in [2.24, 2.45) is 5.92 Å². The predicted octanol–water partition coefficient (Wildman–Crippen LogP) is 3.41. The maximum Gasteiger partial charge on any atom is 0.259 e. The van der Waals surface area contributed by atoms with Crippen LogP contribution in [0.5, 0.6) is 5.75 Å². The third-order valence-electron chi connectivity index (χ3n) is 6.69. The van der Waals surface area contributed by atoms with Gasteiger partial charge in [-0.1, -0.05) is 12.8 Å². The molecule has 1 aromatic carbocycles. The summed E-state index contributed by atoms with van der Waals surface area (Å²) in [5.74, 6) is 2.65. The van der Waals surface area contributed by atoms with Gasteiger partial charge in [0.2, 0.25) is 5.95 Å². The second-order valence-corrected chi connectivity index (χ2v) is 8.89. The van der Waals surface area contributed by atoms with Crippen molar-refractivity contribution in [3.8, 4) is 5.75 Å². The van der Waals surface area contributed by atoms with E-state index in [1.807, 2.05) is 29.2 Å². The lowest BCUT2D eigenvalue weighted by molar-refractivity contribution is 0.0980. The first-order chi connectivity index (χ1) is 15.3. The van der Waals surface area contributed by atoms with Crippen LogP contribution in [0.15, 0.2) is 30.5 Å². The van der Waals surface area contributed by atoms with Gasteiger partial charge < -0.3 is 15.4 Å². The van der Waals surface area contributed by atoms with Gasteiger partial charge in [-0.3, -0.25) is 9.69 Å². The molecule has 2 aromatic rings. The Kier molecular flexibility index (Phi) is 6.02. The van der Waals surface area contributed by atoms with E-state index in [9.17, 15) is 4.79 Å². The van der Waals surface area contributed by atoms with Crippen LogP contribution in [0, 0.1) is 5.92 Å². The number of aromatic nitrogens is 2. The molecule has 31 heavy (non-hydrogen) atoms. The zero-order chi connectivity index (χ0) is 21.0. The van der Waals surface area contributed by atoms with Crippen LogP contribution < -0.4 is 20.3 Å². The van der Waals surface area contributed by atoms with Gasteiger partial charge in [-0.2, -0.15) is 4.98 Å². The van der Waals surface area contributed by atoms with E-state index in [1.165, 1.54) is 12.8 Å². The summed E-state index contributed by atoms with van der Waals surface area (Å²) in [4.78, 5) is 24.7. The molecule has 7 heteroatoms. The van der Waals surface area contributed by atoms with E-state index < -0.39 is 0 Å². The van der Waals surface area contributed by atoms with Crippen LogP contribution in [-0.2, 0) is 6.42 Å². The molecule has 0 radical (unpaired) electrons. The van der Waals surface area contributed by atoms with Crippen molar-refractivity contribution in [2.75, 3.05) is 36.5 Å². The highest BCUT2D eigenvalue weighted by atomic mass is 16.5. The molecule has 1 aromatic heterocycles. The molecule has 3 heterocycles. The van der Waals surface area contributed by atoms with E-state index in [2.05, 4.69) is 15.6 Å². The van der Waals surface area contributed by atoms with Gasteiger partial charge in [-0.25, -0.2) is 4.98 Å². The molecular formula is C24H31N5O2. The Morgan fingerprint density at radius 3 is 2.84 bits per heavy atom. The topological polar surface area (TPSA) is 79.4 Å². The second-order valence-electron chi connectivity index (χ2n) is 8.89. The Labute approximate surface area is 183 Å². The van der Waals surface area contributed by atoms with Crippen molar-refractivity contribution in [3.05, 3.63) is 41.6 Å². The van der Waals surface area contributed by atoms with Crippen molar-refractivity contribution in [1.29, 1.82) is 0 Å². The third kappa shape index (κ3) is 4.66. The smallest absolute Gasteiger partial charge is 0.259 e. The first-order valence-corrected chi connectivity index (χ1v) is 11.6. The fraction of sp³-hybridized carbons (Fsp3) is 0.542. The van der Waals surface area contributed by atoms with Crippen LogP contribution in [0.4, 0.5) is 11.8 Å². The molecule has 2 aliphatic heterocycles. The number of ether oxygens (including phenoxy) is 1. The first kappa shape index (κ1) is 20.2. The zero-order valence-electron chi connectivity index (χ0n) is 18.0. The molecule has 2 fully saturated rings. The van der Waals surface area contributed by atoms with Crippen LogP contribution >= 0.6 is 0 Å². The van der Waals surface area contributed by atoms with E-state index in [-0.39, 0.29) is 5.91 Å². The molecule has 1 aliphatic carbocycles. The zero-order valence-corrected chi connectivity index (χ0v) is 18.0. The van der Waals surface area contributed by atoms with E-state index in [1.54, 1.807) is 6.20 Å². The molecule has 0 atom stereocenters. The molecule has 7 nitrogen and oxygen atoms in total. The van der Waals surface area contributed by atoms with Crippen molar-refractivity contribution >= 4 is 17.7 Å². The Morgan fingerprint density at radius 1 is 1.16 bits per heavy atom. The maximum absolute atomic E-state index is 13.7. The summed E-state index contributed by atoms with van der Waals surface area (Å²) < 4.78 is 5.62. The number of anilines is 2. The van der Waals surface area contributed by atoms with Gasteiger partial charge in [0.1, 0.15) is 11.6 Å². The average Bonchev–Trinajstić information content (AvgIpc) is 3.49. The largest absolute Gasteiger partial charge is 0.493 e. The van der Waals surface area contributed by atoms with Gasteiger partial charge in [0.15, 0.2) is 0 Å². The fourth-order valence-corrected chi connectivity index (χ4v) is 4.90. The fourth-order valence-electron chi connectivity index (χ4n) is 4.90. The molecule has 0 spiro atoms. The molecule has 1 saturated carbocycles. The summed E-state index contributed by atoms with van der Waals surface area (Å²) >= 11 is 0. The number of hydrogen-bond acceptors (Lipinski definition) is 6. The third-order valence-corrected chi connectivity index (χ3v) is 6.69. The predicted molar refractivity (Wildman–Crippen MR) is 121 cm³/mol. The highest BCUT2D eigenvalue weighted by Crippen LogP contribution is 2.28. The van der Waals surface area contributed by atoms with Crippen LogP contribution in [0.25, 0.3) is 0 Å². The Bertz CT molecular complexity index is 922. The van der Waals surface area contributed by atoms with Gasteiger partial charge in [0.25, 0.3) is 5.91 Å². The normalized spacial score (nSPS) is 19.1. The molecule has 1 saturated heterocycles. The number of carbonyl (C=O) groups is 1. The van der Waals surface area contributed by atoms with Crippen LogP contribution in [0.1, 0.15) is 54.4 Å². The van der Waals surface area contributed by atoms with E-state index >= 15 is 0 Å². The number of amides is 1. The van der Waals surface area contributed by atoms with Crippen LogP contribution in [-0.4, -0.2) is 48.2 Å². The van der Waals surface area contributed by atoms with Gasteiger partial charge in [0.05, 0.1) is 6.61 Å². The number of rotatable bonds is 6. The molecule has 0 unspecified atom stereocenters. The van der Waals surface area contributed by atoms with Gasteiger partial charge in [-0.15, -0.1) is 0 Å². The highest BCUT2D eigenvalue weighted by molar-refractivity contribution is 6.05. The monoisotopic (exact) mass is 421 g/mol. The minimum Gasteiger partial charge on any atom is -0.493 e. The standard InChI is InChI=1S/C24H31N5O2/c30-23(19-5-6-21-18(15-19)10-14-31-21)29(16-17-7-11-25-12-8-17)22-9-13-26-24(28-22)27-20-3-1-2-4-20/h5-6,9,13,15,17,20,25H,1-4,7-8,10-12,14,16H2,(H,26,27,28). The molecule has 1 amide bonds. The van der Waals surface area contributed by atoms with Crippen molar-refractivity contribution in [2.45, 2.75) is 51.0 Å². The summed E-state index contributed by atoms with van der Waals surface area (Å²) in [7, 11) is 0. The molecule has 2 N–H and O–H groups in total. The van der Waals surface area contributed by atoms with Crippen LogP contribution in [0.3, 0.4) is 0 Å². The summed E-state index contributed by atoms with van der Waals surface area (Å²) in [6, 6.07) is 8.07. The van der Waals surface area contributed by atoms with E-state index in [0.29, 0.717) is 42.4 Å². The number of hydrogen-bond donors (Lipinski definition) is 2. The summed E-state index contributed by atoms with van der Waals surface area (Å²) in [6.45, 7) is 3.37. The van der Waals surface area contributed by atoms with Crippen LogP contribution in [0.2, 0.25) is 0 Å². The number of benzene rings is 1.